The largest absolute Gasteiger partial charge is 0.478 e. The van der Waals surface area contributed by atoms with Crippen molar-refractivity contribution in [2.45, 2.75) is 33.3 Å². The van der Waals surface area contributed by atoms with Gasteiger partial charge in [0.05, 0.1) is 10.7 Å². The Hall–Kier alpha value is -1.75. The predicted molar refractivity (Wildman–Crippen MR) is 73.0 cm³/mol. The first-order chi connectivity index (χ1) is 8.61. The van der Waals surface area contributed by atoms with Crippen molar-refractivity contribution in [3.63, 3.8) is 0 Å². The van der Waals surface area contributed by atoms with Gasteiger partial charge in [-0.3, -0.25) is 5.32 Å². The summed E-state index contributed by atoms with van der Waals surface area (Å²) in [7, 11) is 0. The molecule has 0 saturated carbocycles. The molecule has 2 N–H and O–H groups in total. The monoisotopic (exact) mass is 285 g/mol. The average molecular weight is 286 g/mol. The number of aromatic carboxylic acids is 1. The smallest absolute Gasteiger partial charge is 0.412 e. The Labute approximate surface area is 116 Å². The van der Waals surface area contributed by atoms with Crippen molar-refractivity contribution in [1.82, 2.24) is 0 Å². The molecule has 0 heterocycles. The molecule has 0 radical (unpaired) electrons. The van der Waals surface area contributed by atoms with Gasteiger partial charge in [0.25, 0.3) is 0 Å². The van der Waals surface area contributed by atoms with Crippen LogP contribution in [0.25, 0.3) is 0 Å². The van der Waals surface area contributed by atoms with E-state index in [4.69, 9.17) is 21.4 Å². The van der Waals surface area contributed by atoms with E-state index in [-0.39, 0.29) is 16.3 Å². The Morgan fingerprint density at radius 3 is 2.37 bits per heavy atom. The second-order valence-electron chi connectivity index (χ2n) is 5.05. The van der Waals surface area contributed by atoms with Crippen LogP contribution in [-0.4, -0.2) is 22.8 Å². The molecule has 1 amide bonds. The number of rotatable bonds is 2. The molecule has 1 aromatic carbocycles. The van der Waals surface area contributed by atoms with Gasteiger partial charge in [-0.2, -0.15) is 0 Å². The maximum absolute atomic E-state index is 11.7. The van der Waals surface area contributed by atoms with Crippen molar-refractivity contribution in [2.24, 2.45) is 0 Å². The van der Waals surface area contributed by atoms with E-state index < -0.39 is 17.7 Å². The van der Waals surface area contributed by atoms with Crippen LogP contribution in [0.3, 0.4) is 0 Å². The zero-order valence-corrected chi connectivity index (χ0v) is 12.0. The van der Waals surface area contributed by atoms with Gasteiger partial charge in [-0.25, -0.2) is 9.59 Å². The first-order valence-electron chi connectivity index (χ1n) is 5.64. The van der Waals surface area contributed by atoms with E-state index in [1.54, 1.807) is 33.8 Å². The zero-order valence-electron chi connectivity index (χ0n) is 11.2. The molecule has 1 aromatic rings. The van der Waals surface area contributed by atoms with Crippen LogP contribution >= 0.6 is 11.6 Å². The van der Waals surface area contributed by atoms with Crippen molar-refractivity contribution in [2.75, 3.05) is 5.32 Å². The lowest BCUT2D eigenvalue weighted by molar-refractivity contribution is 0.0636. The molecule has 0 saturated heterocycles. The fourth-order valence-corrected chi connectivity index (χ4v) is 1.70. The Bertz CT molecular complexity index is 520. The minimum absolute atomic E-state index is 0.0594. The summed E-state index contributed by atoms with van der Waals surface area (Å²) < 4.78 is 5.09. The van der Waals surface area contributed by atoms with E-state index in [1.807, 2.05) is 0 Å². The summed E-state index contributed by atoms with van der Waals surface area (Å²) in [5.74, 6) is -1.21. The molecule has 19 heavy (non-hydrogen) atoms. The van der Waals surface area contributed by atoms with Crippen molar-refractivity contribution >= 4 is 29.4 Å². The van der Waals surface area contributed by atoms with Gasteiger partial charge in [0.15, 0.2) is 0 Å². The van der Waals surface area contributed by atoms with Crippen LogP contribution in [0.4, 0.5) is 10.5 Å². The van der Waals surface area contributed by atoms with Gasteiger partial charge < -0.3 is 9.84 Å². The molecule has 0 unspecified atom stereocenters. The van der Waals surface area contributed by atoms with E-state index in [0.29, 0.717) is 5.56 Å². The van der Waals surface area contributed by atoms with Gasteiger partial charge >= 0.3 is 12.1 Å². The number of ether oxygens (including phenoxy) is 1. The number of anilines is 1. The van der Waals surface area contributed by atoms with Gasteiger partial charge in [-0.15, -0.1) is 0 Å². The lowest BCUT2D eigenvalue weighted by Gasteiger charge is -2.21. The average Bonchev–Trinajstić information content (AvgIpc) is 2.20. The number of amides is 1. The van der Waals surface area contributed by atoms with Crippen LogP contribution in [0.1, 0.15) is 36.7 Å². The summed E-state index contributed by atoms with van der Waals surface area (Å²) in [6.45, 7) is 6.83. The molecule has 0 aliphatic carbocycles. The van der Waals surface area contributed by atoms with Crippen molar-refractivity contribution in [3.8, 4) is 0 Å². The fraction of sp³-hybridized carbons (Fsp3) is 0.385. The normalized spacial score (nSPS) is 11.0. The molecule has 0 aliphatic rings. The third-order valence-electron chi connectivity index (χ3n) is 2.20. The van der Waals surface area contributed by atoms with E-state index in [9.17, 15) is 9.59 Å². The standard InChI is InChI=1S/C13H16ClNO4/c1-7-5-6-8(14)9(11(16)17)10(7)15-12(18)19-13(2,3)4/h5-6H,1-4H3,(H,15,18)(H,16,17). The summed E-state index contributed by atoms with van der Waals surface area (Å²) in [6, 6.07) is 3.10. The van der Waals surface area contributed by atoms with Crippen LogP contribution in [0.15, 0.2) is 12.1 Å². The Morgan fingerprint density at radius 2 is 1.89 bits per heavy atom. The zero-order chi connectivity index (χ0) is 14.8. The first kappa shape index (κ1) is 15.3. The summed E-state index contributed by atoms with van der Waals surface area (Å²) in [5, 5.41) is 11.6. The maximum Gasteiger partial charge on any atom is 0.412 e. The highest BCUT2D eigenvalue weighted by molar-refractivity contribution is 6.34. The summed E-state index contributed by atoms with van der Waals surface area (Å²) in [5.41, 5.74) is -0.0746. The van der Waals surface area contributed by atoms with Crippen LogP contribution in [-0.2, 0) is 4.74 Å². The molecular formula is C13H16ClNO4. The summed E-state index contributed by atoms with van der Waals surface area (Å²) >= 11 is 5.84. The van der Waals surface area contributed by atoms with Crippen LogP contribution < -0.4 is 5.32 Å². The van der Waals surface area contributed by atoms with E-state index in [0.717, 1.165) is 0 Å². The lowest BCUT2D eigenvalue weighted by atomic mass is 10.1. The Balaban J connectivity index is 3.10. The minimum Gasteiger partial charge on any atom is -0.478 e. The molecular weight excluding hydrogens is 270 g/mol. The highest BCUT2D eigenvalue weighted by atomic mass is 35.5. The summed E-state index contributed by atoms with van der Waals surface area (Å²) in [6.07, 6.45) is -0.722. The fourth-order valence-electron chi connectivity index (χ4n) is 1.46. The van der Waals surface area contributed by atoms with Gasteiger partial charge in [-0.1, -0.05) is 17.7 Å². The molecule has 6 heteroatoms. The molecule has 0 aromatic heterocycles. The number of carboxylic acids is 1. The number of carbonyl (C=O) groups is 2. The van der Waals surface area contributed by atoms with Gasteiger partial charge in [0.2, 0.25) is 0 Å². The second-order valence-corrected chi connectivity index (χ2v) is 5.45. The number of aryl methyl sites for hydroxylation is 1. The van der Waals surface area contributed by atoms with E-state index >= 15 is 0 Å². The Morgan fingerprint density at radius 1 is 1.32 bits per heavy atom. The second kappa shape index (κ2) is 5.48. The third-order valence-corrected chi connectivity index (χ3v) is 2.52. The van der Waals surface area contributed by atoms with Crippen molar-refractivity contribution in [3.05, 3.63) is 28.3 Å². The molecule has 0 bridgehead atoms. The number of hydrogen-bond acceptors (Lipinski definition) is 3. The Kier molecular flexibility index (Phi) is 4.42. The molecule has 0 spiro atoms. The van der Waals surface area contributed by atoms with E-state index in [2.05, 4.69) is 5.32 Å². The van der Waals surface area contributed by atoms with Crippen LogP contribution in [0, 0.1) is 6.92 Å². The minimum atomic E-state index is -1.21. The molecule has 0 atom stereocenters. The lowest BCUT2D eigenvalue weighted by Crippen LogP contribution is -2.28. The van der Waals surface area contributed by atoms with Gasteiger partial charge in [0, 0.05) is 0 Å². The number of carbonyl (C=O) groups excluding carboxylic acids is 1. The number of halogens is 1. The summed E-state index contributed by atoms with van der Waals surface area (Å²) in [4.78, 5) is 22.9. The van der Waals surface area contributed by atoms with Crippen LogP contribution in [0.2, 0.25) is 5.02 Å². The predicted octanol–water partition coefficient (Wildman–Crippen LogP) is 3.69. The quantitative estimate of drug-likeness (QED) is 0.869. The van der Waals surface area contributed by atoms with Crippen LogP contribution in [0.5, 0.6) is 0 Å². The molecule has 5 nitrogen and oxygen atoms in total. The van der Waals surface area contributed by atoms with Crippen molar-refractivity contribution in [1.29, 1.82) is 0 Å². The van der Waals surface area contributed by atoms with Gasteiger partial charge in [-0.05, 0) is 39.3 Å². The molecule has 1 rings (SSSR count). The maximum atomic E-state index is 11.7. The highest BCUT2D eigenvalue weighted by Gasteiger charge is 2.21. The van der Waals surface area contributed by atoms with E-state index in [1.165, 1.54) is 6.07 Å². The number of hydrogen-bond donors (Lipinski definition) is 2. The highest BCUT2D eigenvalue weighted by Crippen LogP contribution is 2.28. The first-order valence-corrected chi connectivity index (χ1v) is 6.02. The van der Waals surface area contributed by atoms with Crippen molar-refractivity contribution < 1.29 is 19.4 Å². The SMILES string of the molecule is Cc1ccc(Cl)c(C(=O)O)c1NC(=O)OC(C)(C)C. The number of benzene rings is 1. The molecule has 0 fully saturated rings. The topological polar surface area (TPSA) is 75.6 Å². The number of carboxylic acid groups (broad SMARTS) is 1. The van der Waals surface area contributed by atoms with Gasteiger partial charge in [0.1, 0.15) is 11.2 Å². The molecule has 0 aliphatic heterocycles. The number of nitrogens with one attached hydrogen (secondary N) is 1. The third kappa shape index (κ3) is 4.13. The molecule has 104 valence electrons.